The molecule has 0 saturated heterocycles. The highest BCUT2D eigenvalue weighted by atomic mass is 79.9. The zero-order valence-corrected chi connectivity index (χ0v) is 20.8. The van der Waals surface area contributed by atoms with E-state index >= 15 is 0 Å². The van der Waals surface area contributed by atoms with E-state index in [1.807, 2.05) is 0 Å². The predicted molar refractivity (Wildman–Crippen MR) is 130 cm³/mol. The van der Waals surface area contributed by atoms with Crippen LogP contribution in [0.4, 0.5) is 10.6 Å². The Morgan fingerprint density at radius 1 is 1.19 bits per heavy atom. The van der Waals surface area contributed by atoms with Gasteiger partial charge in [0.2, 0.25) is 5.91 Å². The standard InChI is InChI=1S/C13H14BrN3O3.C8H9.2CH3.Al/c14-10-2-1-5-15-12(10)16-11(18)8-9-3-6-17(7-4-9)13(19)20;1-2-8-6-4-3-5-7-8;;;/h1-3,5H,4,6-8H2,(H,19,20)(H,15,16,18);3-7H,1-2H2;2*1H3;. The Balaban J connectivity index is 0.000000262. The summed E-state index contributed by atoms with van der Waals surface area (Å²) in [5, 5.41) is 13.0. The van der Waals surface area contributed by atoms with E-state index in [1.165, 1.54) is 22.2 Å². The highest BCUT2D eigenvalue weighted by Gasteiger charge is 2.17. The molecule has 0 saturated carbocycles. The molecule has 2 heterocycles. The first-order valence-corrected chi connectivity index (χ1v) is 14.4. The second kappa shape index (κ2) is 13.3. The quantitative estimate of drug-likeness (QED) is 0.406. The fourth-order valence-electron chi connectivity index (χ4n) is 3.01. The van der Waals surface area contributed by atoms with Crippen LogP contribution in [0.3, 0.4) is 0 Å². The van der Waals surface area contributed by atoms with Crippen LogP contribution in [-0.2, 0) is 11.2 Å². The Morgan fingerprint density at radius 3 is 2.52 bits per heavy atom. The summed E-state index contributed by atoms with van der Waals surface area (Å²) in [6.45, 7) is 0.771. The summed E-state index contributed by atoms with van der Waals surface area (Å²) in [6.07, 6.45) is 4.60. The lowest BCUT2D eigenvalue weighted by atomic mass is 10.0. The summed E-state index contributed by atoms with van der Waals surface area (Å²) in [7, 11) is 0. The van der Waals surface area contributed by atoms with Crippen LogP contribution < -0.4 is 5.32 Å². The summed E-state index contributed by atoms with van der Waals surface area (Å²) >= 11 is 2.97. The van der Waals surface area contributed by atoms with Crippen molar-refractivity contribution in [1.82, 2.24) is 9.88 Å². The smallest absolute Gasteiger partial charge is 0.407 e. The molecule has 2 aromatic rings. The molecule has 2 amide bonds. The normalized spacial score (nSPS) is 12.9. The van der Waals surface area contributed by atoms with Crippen molar-refractivity contribution < 1.29 is 14.7 Å². The Morgan fingerprint density at radius 2 is 1.94 bits per heavy atom. The van der Waals surface area contributed by atoms with E-state index < -0.39 is 6.09 Å². The number of aromatic nitrogens is 1. The Kier molecular flexibility index (Phi) is 10.8. The molecule has 8 heteroatoms. The Labute approximate surface area is 196 Å². The van der Waals surface area contributed by atoms with E-state index in [4.69, 9.17) is 5.11 Å². The van der Waals surface area contributed by atoms with Crippen molar-refractivity contribution in [3.8, 4) is 0 Å². The second-order valence-electron chi connectivity index (χ2n) is 7.82. The first-order chi connectivity index (χ1) is 14.8. The van der Waals surface area contributed by atoms with Crippen LogP contribution >= 0.6 is 15.9 Å². The molecule has 0 unspecified atom stereocenters. The van der Waals surface area contributed by atoms with Gasteiger partial charge in [0.15, 0.2) is 0 Å². The predicted octanol–water partition coefficient (Wildman–Crippen LogP) is 5.47. The van der Waals surface area contributed by atoms with Gasteiger partial charge in [-0.05, 0) is 46.5 Å². The molecule has 164 valence electrons. The molecule has 0 bridgehead atoms. The maximum absolute atomic E-state index is 11.9. The van der Waals surface area contributed by atoms with E-state index in [0.29, 0.717) is 25.3 Å². The topological polar surface area (TPSA) is 82.5 Å². The number of halogens is 1. The largest absolute Gasteiger partial charge is 0.465 e. The molecule has 3 rings (SSSR count). The molecule has 1 aliphatic heterocycles. The first-order valence-electron chi connectivity index (χ1n) is 10.4. The third-order valence-corrected chi connectivity index (χ3v) is 6.91. The second-order valence-corrected chi connectivity index (χ2v) is 12.0. The molecule has 1 aliphatic rings. The highest BCUT2D eigenvalue weighted by Crippen LogP contribution is 2.20. The van der Waals surface area contributed by atoms with Crippen molar-refractivity contribution in [2.45, 2.75) is 36.1 Å². The molecule has 0 fully saturated rings. The number of amides is 2. The molecule has 0 aliphatic carbocycles. The Bertz CT molecular complexity index is 891. The number of rotatable bonds is 6. The van der Waals surface area contributed by atoms with Crippen LogP contribution in [0, 0.1) is 0 Å². The van der Waals surface area contributed by atoms with Crippen LogP contribution in [0.5, 0.6) is 0 Å². The molecule has 0 atom stereocenters. The average Bonchev–Trinajstić information content (AvgIpc) is 2.75. The molecule has 2 N–H and O–H groups in total. The van der Waals surface area contributed by atoms with Gasteiger partial charge in [0.25, 0.3) is 14.1 Å². The molecule has 6 nitrogen and oxygen atoms in total. The zero-order chi connectivity index (χ0) is 22.6. The van der Waals surface area contributed by atoms with Gasteiger partial charge in [0.05, 0.1) is 4.47 Å². The van der Waals surface area contributed by atoms with Crippen LogP contribution in [-0.4, -0.2) is 54.2 Å². The maximum atomic E-state index is 11.9. The number of nitrogens with one attached hydrogen (secondary N) is 1. The minimum absolute atomic E-state index is 0.153. The van der Waals surface area contributed by atoms with Crippen molar-refractivity contribution in [3.63, 3.8) is 0 Å². The molecule has 1 aromatic heterocycles. The van der Waals surface area contributed by atoms with Crippen LogP contribution in [0.2, 0.25) is 16.9 Å². The van der Waals surface area contributed by atoms with Gasteiger partial charge < -0.3 is 15.3 Å². The van der Waals surface area contributed by atoms with Crippen LogP contribution in [0.25, 0.3) is 0 Å². The minimum Gasteiger partial charge on any atom is -0.465 e. The van der Waals surface area contributed by atoms with Gasteiger partial charge in [-0.3, -0.25) is 4.79 Å². The fourth-order valence-corrected chi connectivity index (χ4v) is 4.27. The molecule has 1 aromatic carbocycles. The number of carbonyl (C=O) groups excluding carboxylic acids is 1. The first kappa shape index (κ1) is 25.1. The lowest BCUT2D eigenvalue weighted by Crippen LogP contribution is -2.33. The fraction of sp³-hybridized carbons (Fsp3) is 0.348. The Hall–Kier alpha value is -2.14. The molecule has 0 radical (unpaired) electrons. The number of carboxylic acid groups (broad SMARTS) is 1. The highest BCUT2D eigenvalue weighted by molar-refractivity contribution is 9.10. The van der Waals surface area contributed by atoms with Crippen LogP contribution in [0.15, 0.2) is 64.8 Å². The number of nitrogens with zero attached hydrogens (tertiary/aromatic N) is 2. The summed E-state index contributed by atoms with van der Waals surface area (Å²) in [6, 6.07) is 14.3. The number of benzene rings is 1. The number of pyridine rings is 1. The van der Waals surface area contributed by atoms with Gasteiger partial charge in [0.1, 0.15) is 5.82 Å². The number of aryl methyl sites for hydroxylation is 1. The molecule has 31 heavy (non-hydrogen) atoms. The van der Waals surface area contributed by atoms with Gasteiger partial charge in [-0.25, -0.2) is 9.78 Å². The summed E-state index contributed by atoms with van der Waals surface area (Å²) in [5.74, 6) is 5.15. The van der Waals surface area contributed by atoms with Crippen molar-refractivity contribution in [1.29, 1.82) is 0 Å². The van der Waals surface area contributed by atoms with Crippen molar-refractivity contribution in [3.05, 3.63) is 70.3 Å². The molecule has 0 spiro atoms. The van der Waals surface area contributed by atoms with E-state index in [1.54, 1.807) is 24.4 Å². The summed E-state index contributed by atoms with van der Waals surface area (Å²) < 4.78 is 0.725. The van der Waals surface area contributed by atoms with Crippen molar-refractivity contribution in [2.75, 3.05) is 18.4 Å². The van der Waals surface area contributed by atoms with E-state index in [2.05, 4.69) is 68.1 Å². The SMILES string of the molecule is O=C(CC1=CCN(C(=O)O)CC1)Nc1ncccc1Br.[CH3][Al]([CH3])[CH2]Cc1ccccc1. The maximum Gasteiger partial charge on any atom is 0.407 e. The third kappa shape index (κ3) is 9.69. The van der Waals surface area contributed by atoms with E-state index in [9.17, 15) is 9.59 Å². The third-order valence-electron chi connectivity index (χ3n) is 4.83. The minimum atomic E-state index is -0.929. The van der Waals surface area contributed by atoms with Gasteiger partial charge in [-0.2, -0.15) is 0 Å². The van der Waals surface area contributed by atoms with Gasteiger partial charge in [0, 0.05) is 25.7 Å². The van der Waals surface area contributed by atoms with Crippen molar-refractivity contribution in [2.24, 2.45) is 0 Å². The molecular weight excluding hydrogens is 473 g/mol. The van der Waals surface area contributed by atoms with Gasteiger partial charge in [-0.15, -0.1) is 11.6 Å². The molecular formula is C23H29AlBrN3O3. The lowest BCUT2D eigenvalue weighted by Gasteiger charge is -2.23. The summed E-state index contributed by atoms with van der Waals surface area (Å²) in [4.78, 5) is 28.0. The number of carbonyl (C=O) groups is 2. The average molecular weight is 502 g/mol. The monoisotopic (exact) mass is 501 g/mol. The van der Waals surface area contributed by atoms with Crippen LogP contribution in [0.1, 0.15) is 18.4 Å². The van der Waals surface area contributed by atoms with E-state index in [-0.39, 0.29) is 26.5 Å². The van der Waals surface area contributed by atoms with E-state index in [0.717, 1.165) is 10.0 Å². The van der Waals surface area contributed by atoms with Crippen molar-refractivity contribution >= 4 is 47.9 Å². The van der Waals surface area contributed by atoms with Gasteiger partial charge >= 0.3 is 6.09 Å². The number of hydrogen-bond acceptors (Lipinski definition) is 3. The number of anilines is 1. The zero-order valence-electron chi connectivity index (χ0n) is 18.1. The number of hydrogen-bond donors (Lipinski definition) is 2. The summed E-state index contributed by atoms with van der Waals surface area (Å²) in [5.41, 5.74) is 2.45. The van der Waals surface area contributed by atoms with Gasteiger partial charge in [-0.1, -0.05) is 47.3 Å². The lowest BCUT2D eigenvalue weighted by molar-refractivity contribution is -0.115.